The van der Waals surface area contributed by atoms with Crippen LogP contribution >= 0.6 is 0 Å². The molecule has 0 saturated carbocycles. The number of ether oxygens (including phenoxy) is 3. The molecular formula is C19H22N2O4. The number of pyridine rings is 1. The lowest BCUT2D eigenvalue weighted by Gasteiger charge is -2.35. The Hall–Kier alpha value is -2.60. The normalized spacial score (nSPS) is 20.2. The van der Waals surface area contributed by atoms with Crippen LogP contribution in [0.4, 0.5) is 0 Å². The van der Waals surface area contributed by atoms with Gasteiger partial charge in [0, 0.05) is 25.4 Å². The Labute approximate surface area is 147 Å². The Morgan fingerprint density at radius 2 is 1.80 bits per heavy atom. The maximum Gasteiger partial charge on any atom is 0.260 e. The van der Waals surface area contributed by atoms with Gasteiger partial charge in [0.15, 0.2) is 6.61 Å². The summed E-state index contributed by atoms with van der Waals surface area (Å²) in [6.45, 7) is 5.15. The summed E-state index contributed by atoms with van der Waals surface area (Å²) >= 11 is 0. The molecule has 132 valence electrons. The Morgan fingerprint density at radius 3 is 2.44 bits per heavy atom. The lowest BCUT2D eigenvalue weighted by Crippen LogP contribution is -2.49. The van der Waals surface area contributed by atoms with E-state index in [0.717, 1.165) is 0 Å². The first-order valence-electron chi connectivity index (χ1n) is 8.35. The summed E-state index contributed by atoms with van der Waals surface area (Å²) in [6, 6.07) is 12.6. The summed E-state index contributed by atoms with van der Waals surface area (Å²) in [5, 5.41) is 0. The van der Waals surface area contributed by atoms with E-state index >= 15 is 0 Å². The minimum atomic E-state index is -0.0317. The van der Waals surface area contributed by atoms with Crippen molar-refractivity contribution in [2.75, 3.05) is 19.7 Å². The lowest BCUT2D eigenvalue weighted by atomic mass is 10.2. The average molecular weight is 342 g/mol. The molecule has 25 heavy (non-hydrogen) atoms. The van der Waals surface area contributed by atoms with Gasteiger partial charge in [0.25, 0.3) is 5.91 Å². The van der Waals surface area contributed by atoms with Crippen molar-refractivity contribution in [1.82, 2.24) is 9.88 Å². The van der Waals surface area contributed by atoms with Crippen LogP contribution in [0.25, 0.3) is 0 Å². The summed E-state index contributed by atoms with van der Waals surface area (Å²) in [5.74, 6) is 1.78. The van der Waals surface area contributed by atoms with Crippen LogP contribution < -0.4 is 9.47 Å². The molecule has 1 fully saturated rings. The molecule has 1 aromatic heterocycles. The van der Waals surface area contributed by atoms with Crippen molar-refractivity contribution in [2.24, 2.45) is 0 Å². The lowest BCUT2D eigenvalue weighted by molar-refractivity contribution is -0.145. The SMILES string of the molecule is C[C@@H]1CN(C(=O)COc2ccc(Oc3ccccn3)cc2)C[C@H](C)O1. The van der Waals surface area contributed by atoms with Crippen molar-refractivity contribution in [3.05, 3.63) is 48.7 Å². The molecule has 1 amide bonds. The highest BCUT2D eigenvalue weighted by Crippen LogP contribution is 2.22. The van der Waals surface area contributed by atoms with Crippen molar-refractivity contribution >= 4 is 5.91 Å². The molecule has 3 rings (SSSR count). The molecule has 0 bridgehead atoms. The van der Waals surface area contributed by atoms with Gasteiger partial charge >= 0.3 is 0 Å². The molecular weight excluding hydrogens is 320 g/mol. The van der Waals surface area contributed by atoms with Crippen LogP contribution in [0.3, 0.4) is 0 Å². The summed E-state index contributed by atoms with van der Waals surface area (Å²) < 4.78 is 16.9. The quantitative estimate of drug-likeness (QED) is 0.836. The second kappa shape index (κ2) is 7.98. The Bertz CT molecular complexity index is 680. The van der Waals surface area contributed by atoms with Gasteiger partial charge in [-0.3, -0.25) is 4.79 Å². The molecule has 2 atom stereocenters. The third-order valence-corrected chi connectivity index (χ3v) is 3.82. The molecule has 1 aliphatic rings. The summed E-state index contributed by atoms with van der Waals surface area (Å²) in [6.07, 6.45) is 1.78. The Balaban J connectivity index is 1.51. The van der Waals surface area contributed by atoms with Crippen LogP contribution in [0.2, 0.25) is 0 Å². The molecule has 1 saturated heterocycles. The molecule has 0 spiro atoms. The number of hydrogen-bond donors (Lipinski definition) is 0. The van der Waals surface area contributed by atoms with Crippen LogP contribution in [0.1, 0.15) is 13.8 Å². The van der Waals surface area contributed by atoms with Gasteiger partial charge in [-0.1, -0.05) is 6.07 Å². The minimum Gasteiger partial charge on any atom is -0.484 e. The molecule has 2 aromatic rings. The van der Waals surface area contributed by atoms with E-state index < -0.39 is 0 Å². The minimum absolute atomic E-state index is 0.0138. The number of morpholine rings is 1. The largest absolute Gasteiger partial charge is 0.484 e. The number of benzene rings is 1. The van der Waals surface area contributed by atoms with E-state index in [1.807, 2.05) is 26.0 Å². The highest BCUT2D eigenvalue weighted by Gasteiger charge is 2.25. The zero-order chi connectivity index (χ0) is 17.6. The van der Waals surface area contributed by atoms with Gasteiger partial charge in [-0.25, -0.2) is 4.98 Å². The van der Waals surface area contributed by atoms with Crippen LogP contribution in [0.15, 0.2) is 48.7 Å². The molecule has 1 aromatic carbocycles. The fraction of sp³-hybridized carbons (Fsp3) is 0.368. The van der Waals surface area contributed by atoms with E-state index in [1.54, 1.807) is 41.4 Å². The van der Waals surface area contributed by atoms with Gasteiger partial charge in [-0.2, -0.15) is 0 Å². The molecule has 0 radical (unpaired) electrons. The first kappa shape index (κ1) is 17.2. The zero-order valence-corrected chi connectivity index (χ0v) is 14.4. The van der Waals surface area contributed by atoms with Gasteiger partial charge in [-0.05, 0) is 44.2 Å². The highest BCUT2D eigenvalue weighted by molar-refractivity contribution is 5.78. The number of carbonyl (C=O) groups excluding carboxylic acids is 1. The second-order valence-electron chi connectivity index (χ2n) is 6.09. The summed E-state index contributed by atoms with van der Waals surface area (Å²) in [4.78, 5) is 18.2. The van der Waals surface area contributed by atoms with E-state index in [2.05, 4.69) is 4.98 Å². The van der Waals surface area contributed by atoms with Crippen molar-refractivity contribution in [2.45, 2.75) is 26.1 Å². The molecule has 6 nitrogen and oxygen atoms in total. The molecule has 2 heterocycles. The van der Waals surface area contributed by atoms with E-state index in [0.29, 0.717) is 30.5 Å². The number of carbonyl (C=O) groups is 1. The van der Waals surface area contributed by atoms with Gasteiger partial charge in [0.2, 0.25) is 5.88 Å². The van der Waals surface area contributed by atoms with E-state index in [1.165, 1.54) is 0 Å². The topological polar surface area (TPSA) is 60.9 Å². The molecule has 6 heteroatoms. The van der Waals surface area contributed by atoms with E-state index in [9.17, 15) is 4.79 Å². The smallest absolute Gasteiger partial charge is 0.260 e. The van der Waals surface area contributed by atoms with Crippen LogP contribution in [-0.4, -0.2) is 47.7 Å². The van der Waals surface area contributed by atoms with Gasteiger partial charge in [-0.15, -0.1) is 0 Å². The van der Waals surface area contributed by atoms with Crippen molar-refractivity contribution in [3.8, 4) is 17.4 Å². The predicted octanol–water partition coefficient (Wildman–Crippen LogP) is 2.89. The van der Waals surface area contributed by atoms with E-state index in [-0.39, 0.29) is 24.7 Å². The monoisotopic (exact) mass is 342 g/mol. The first-order valence-corrected chi connectivity index (χ1v) is 8.35. The molecule has 1 aliphatic heterocycles. The molecule has 0 N–H and O–H groups in total. The average Bonchev–Trinajstić information content (AvgIpc) is 2.61. The van der Waals surface area contributed by atoms with Gasteiger partial charge in [0.1, 0.15) is 11.5 Å². The standard InChI is InChI=1S/C19H22N2O4/c1-14-11-21(12-15(2)24-14)19(22)13-23-16-6-8-17(9-7-16)25-18-5-3-4-10-20-18/h3-10,14-15H,11-13H2,1-2H3/t14-,15+. The highest BCUT2D eigenvalue weighted by atomic mass is 16.5. The second-order valence-corrected chi connectivity index (χ2v) is 6.09. The number of nitrogens with zero attached hydrogens (tertiary/aromatic N) is 2. The van der Waals surface area contributed by atoms with Crippen LogP contribution in [-0.2, 0) is 9.53 Å². The molecule has 0 unspecified atom stereocenters. The third kappa shape index (κ3) is 4.93. The fourth-order valence-corrected chi connectivity index (χ4v) is 2.75. The Kier molecular flexibility index (Phi) is 5.50. The summed E-state index contributed by atoms with van der Waals surface area (Å²) in [7, 11) is 0. The fourth-order valence-electron chi connectivity index (χ4n) is 2.75. The maximum absolute atomic E-state index is 12.3. The van der Waals surface area contributed by atoms with Crippen LogP contribution in [0, 0.1) is 0 Å². The summed E-state index contributed by atoms with van der Waals surface area (Å²) in [5.41, 5.74) is 0. The van der Waals surface area contributed by atoms with Crippen molar-refractivity contribution in [3.63, 3.8) is 0 Å². The predicted molar refractivity (Wildman–Crippen MR) is 92.8 cm³/mol. The van der Waals surface area contributed by atoms with Gasteiger partial charge in [0.05, 0.1) is 12.2 Å². The van der Waals surface area contributed by atoms with Crippen molar-refractivity contribution in [1.29, 1.82) is 0 Å². The van der Waals surface area contributed by atoms with Crippen molar-refractivity contribution < 1.29 is 19.0 Å². The Morgan fingerprint density at radius 1 is 1.12 bits per heavy atom. The number of amides is 1. The van der Waals surface area contributed by atoms with Gasteiger partial charge < -0.3 is 19.1 Å². The zero-order valence-electron chi connectivity index (χ0n) is 14.4. The number of rotatable bonds is 5. The number of hydrogen-bond acceptors (Lipinski definition) is 5. The first-order chi connectivity index (χ1) is 12.1. The third-order valence-electron chi connectivity index (χ3n) is 3.82. The van der Waals surface area contributed by atoms with Crippen LogP contribution in [0.5, 0.6) is 17.4 Å². The van der Waals surface area contributed by atoms with E-state index in [4.69, 9.17) is 14.2 Å². The maximum atomic E-state index is 12.3. The number of aromatic nitrogens is 1. The molecule has 0 aliphatic carbocycles.